The Hall–Kier alpha value is -3.01. The van der Waals surface area contributed by atoms with Gasteiger partial charge in [-0.1, -0.05) is 23.7 Å². The number of aromatic nitrogens is 2. The van der Waals surface area contributed by atoms with Crippen LogP contribution in [-0.4, -0.2) is 63.8 Å². The third-order valence-corrected chi connectivity index (χ3v) is 5.80. The molecule has 162 valence electrons. The maximum atomic E-state index is 12.5. The predicted molar refractivity (Wildman–Crippen MR) is 116 cm³/mol. The van der Waals surface area contributed by atoms with Crippen LogP contribution in [0.15, 0.2) is 48.7 Å². The number of piperazine rings is 1. The molecule has 10 heteroatoms. The van der Waals surface area contributed by atoms with E-state index in [0.717, 1.165) is 29.6 Å². The van der Waals surface area contributed by atoms with Gasteiger partial charge in [0, 0.05) is 48.7 Å². The number of carbonyl (C=O) groups is 1. The Morgan fingerprint density at radius 2 is 1.90 bits per heavy atom. The smallest absolute Gasteiger partial charge is 0.327 e. The van der Waals surface area contributed by atoms with E-state index in [1.807, 2.05) is 16.8 Å². The first-order valence-electron chi connectivity index (χ1n) is 9.86. The lowest BCUT2D eigenvalue weighted by Gasteiger charge is -2.38. The van der Waals surface area contributed by atoms with Crippen molar-refractivity contribution in [3.8, 4) is 0 Å². The summed E-state index contributed by atoms with van der Waals surface area (Å²) in [7, 11) is 1.40. The molecule has 4 rings (SSSR count). The van der Waals surface area contributed by atoms with E-state index in [0.29, 0.717) is 24.8 Å². The van der Waals surface area contributed by atoms with Crippen molar-refractivity contribution in [2.24, 2.45) is 0 Å². The number of non-ortho nitro benzene ring substituents is 1. The van der Waals surface area contributed by atoms with Crippen molar-refractivity contribution >= 4 is 34.2 Å². The lowest BCUT2D eigenvalue weighted by molar-refractivity contribution is -0.384. The lowest BCUT2D eigenvalue weighted by atomic mass is 10.0. The van der Waals surface area contributed by atoms with Crippen LogP contribution >= 0.6 is 11.6 Å². The number of esters is 1. The van der Waals surface area contributed by atoms with Gasteiger partial charge in [-0.25, -0.2) is 4.79 Å². The second-order valence-corrected chi connectivity index (χ2v) is 7.85. The SMILES string of the molecule is COC(=O)[C@@H](c1ccc(Cl)cc1)N1CCN(Cn2ncc3cc([N+](=O)[O-])ccc32)CC1. The third-order valence-electron chi connectivity index (χ3n) is 5.55. The fourth-order valence-corrected chi connectivity index (χ4v) is 4.03. The number of methoxy groups -OCH3 is 1. The van der Waals surface area contributed by atoms with Crippen LogP contribution in [0.5, 0.6) is 0 Å². The topological polar surface area (TPSA) is 93.7 Å². The first-order chi connectivity index (χ1) is 15.0. The van der Waals surface area contributed by atoms with Crippen LogP contribution in [0.3, 0.4) is 0 Å². The van der Waals surface area contributed by atoms with E-state index in [1.54, 1.807) is 24.4 Å². The largest absolute Gasteiger partial charge is 0.468 e. The Balaban J connectivity index is 1.44. The fraction of sp³-hybridized carbons (Fsp3) is 0.333. The van der Waals surface area contributed by atoms with Crippen LogP contribution in [0.1, 0.15) is 11.6 Å². The normalized spacial score (nSPS) is 16.3. The minimum absolute atomic E-state index is 0.0525. The summed E-state index contributed by atoms with van der Waals surface area (Å²) < 4.78 is 6.89. The van der Waals surface area contributed by atoms with Gasteiger partial charge in [0.25, 0.3) is 5.69 Å². The quantitative estimate of drug-likeness (QED) is 0.328. The van der Waals surface area contributed by atoms with Crippen molar-refractivity contribution < 1.29 is 14.5 Å². The number of nitro benzene ring substituents is 1. The van der Waals surface area contributed by atoms with E-state index >= 15 is 0 Å². The Morgan fingerprint density at radius 3 is 2.55 bits per heavy atom. The minimum Gasteiger partial charge on any atom is -0.468 e. The van der Waals surface area contributed by atoms with Gasteiger partial charge in [0.1, 0.15) is 6.04 Å². The number of carbonyl (C=O) groups excluding carboxylic acids is 1. The minimum atomic E-state index is -0.476. The number of ether oxygens (including phenoxy) is 1. The Morgan fingerprint density at radius 1 is 1.19 bits per heavy atom. The van der Waals surface area contributed by atoms with Gasteiger partial charge in [-0.3, -0.25) is 24.6 Å². The lowest BCUT2D eigenvalue weighted by Crippen LogP contribution is -2.49. The number of benzene rings is 2. The van der Waals surface area contributed by atoms with Crippen molar-refractivity contribution in [1.29, 1.82) is 0 Å². The second-order valence-electron chi connectivity index (χ2n) is 7.42. The molecule has 9 nitrogen and oxygen atoms in total. The number of rotatable bonds is 6. The Labute approximate surface area is 183 Å². The highest BCUT2D eigenvalue weighted by atomic mass is 35.5. The van der Waals surface area contributed by atoms with E-state index in [9.17, 15) is 14.9 Å². The van der Waals surface area contributed by atoms with Crippen molar-refractivity contribution in [2.45, 2.75) is 12.7 Å². The van der Waals surface area contributed by atoms with Gasteiger partial charge >= 0.3 is 5.97 Å². The van der Waals surface area contributed by atoms with Crippen LogP contribution in [0.25, 0.3) is 10.9 Å². The summed E-state index contributed by atoms with van der Waals surface area (Å²) in [6.07, 6.45) is 1.65. The molecule has 31 heavy (non-hydrogen) atoms. The second kappa shape index (κ2) is 9.01. The average molecular weight is 444 g/mol. The highest BCUT2D eigenvalue weighted by Crippen LogP contribution is 2.26. The maximum absolute atomic E-state index is 12.5. The first kappa shape index (κ1) is 21.2. The summed E-state index contributed by atoms with van der Waals surface area (Å²) in [5, 5.41) is 16.7. The van der Waals surface area contributed by atoms with Crippen LogP contribution in [-0.2, 0) is 16.2 Å². The van der Waals surface area contributed by atoms with Crippen molar-refractivity contribution in [1.82, 2.24) is 19.6 Å². The molecule has 1 atom stereocenters. The summed E-state index contributed by atoms with van der Waals surface area (Å²) in [6, 6.07) is 11.5. The molecule has 0 bridgehead atoms. The van der Waals surface area contributed by atoms with E-state index < -0.39 is 11.0 Å². The average Bonchev–Trinajstić information content (AvgIpc) is 3.18. The number of nitro groups is 1. The molecule has 1 saturated heterocycles. The van der Waals surface area contributed by atoms with Gasteiger partial charge in [-0.15, -0.1) is 0 Å². The van der Waals surface area contributed by atoms with Gasteiger partial charge in [-0.2, -0.15) is 5.10 Å². The third kappa shape index (κ3) is 4.53. The van der Waals surface area contributed by atoms with Crippen molar-refractivity contribution in [2.75, 3.05) is 33.3 Å². The summed E-state index contributed by atoms with van der Waals surface area (Å²) in [5.74, 6) is -0.296. The fourth-order valence-electron chi connectivity index (χ4n) is 3.91. The van der Waals surface area contributed by atoms with Crippen molar-refractivity contribution in [3.63, 3.8) is 0 Å². The molecule has 0 unspecified atom stereocenters. The summed E-state index contributed by atoms with van der Waals surface area (Å²) >= 11 is 5.99. The molecule has 1 aromatic heterocycles. The molecule has 0 spiro atoms. The number of fused-ring (bicyclic) bond motifs is 1. The molecule has 1 aliphatic rings. The van der Waals surface area contributed by atoms with E-state index in [-0.39, 0.29) is 11.7 Å². The molecule has 0 aliphatic carbocycles. The van der Waals surface area contributed by atoms with Crippen LogP contribution in [0.2, 0.25) is 5.02 Å². The number of nitrogens with zero attached hydrogens (tertiary/aromatic N) is 5. The highest BCUT2D eigenvalue weighted by Gasteiger charge is 2.31. The molecule has 2 aromatic carbocycles. The Bertz CT molecular complexity index is 1090. The molecule has 0 N–H and O–H groups in total. The van der Waals surface area contributed by atoms with Gasteiger partial charge in [0.05, 0.1) is 30.4 Å². The van der Waals surface area contributed by atoms with Gasteiger partial charge in [0.15, 0.2) is 0 Å². The summed E-state index contributed by atoms with van der Waals surface area (Å²) in [4.78, 5) is 27.4. The molecule has 1 fully saturated rings. The number of halogens is 1. The van der Waals surface area contributed by atoms with E-state index in [2.05, 4.69) is 14.9 Å². The van der Waals surface area contributed by atoms with Crippen molar-refractivity contribution in [3.05, 3.63) is 69.4 Å². The molecule has 3 aromatic rings. The predicted octanol–water partition coefficient (Wildman–Crippen LogP) is 3.09. The highest BCUT2D eigenvalue weighted by molar-refractivity contribution is 6.30. The Kier molecular flexibility index (Phi) is 6.17. The van der Waals surface area contributed by atoms with E-state index in [1.165, 1.54) is 19.2 Å². The number of hydrogen-bond donors (Lipinski definition) is 0. The zero-order valence-corrected chi connectivity index (χ0v) is 17.7. The van der Waals surface area contributed by atoms with Gasteiger partial charge in [-0.05, 0) is 23.8 Å². The van der Waals surface area contributed by atoms with Crippen LogP contribution in [0, 0.1) is 10.1 Å². The molecular weight excluding hydrogens is 422 g/mol. The van der Waals surface area contributed by atoms with Gasteiger partial charge < -0.3 is 4.74 Å². The standard InChI is InChI=1S/C21H22ClN5O4/c1-31-21(28)20(15-2-4-17(22)5-3-15)25-10-8-24(9-11-25)14-26-19-7-6-18(27(29)30)12-16(19)13-23-26/h2-7,12-13,20H,8-11,14H2,1H3/t20-/m1/s1. The summed E-state index contributed by atoms with van der Waals surface area (Å²) in [6.45, 7) is 3.43. The van der Waals surface area contributed by atoms with Gasteiger partial charge in [0.2, 0.25) is 0 Å². The van der Waals surface area contributed by atoms with Crippen LogP contribution in [0.4, 0.5) is 5.69 Å². The molecule has 2 heterocycles. The number of hydrogen-bond acceptors (Lipinski definition) is 7. The molecule has 0 radical (unpaired) electrons. The first-order valence-corrected chi connectivity index (χ1v) is 10.2. The molecule has 0 amide bonds. The summed E-state index contributed by atoms with van der Waals surface area (Å²) in [5.41, 5.74) is 1.75. The monoisotopic (exact) mass is 443 g/mol. The van der Waals surface area contributed by atoms with E-state index in [4.69, 9.17) is 16.3 Å². The molecule has 1 aliphatic heterocycles. The zero-order chi connectivity index (χ0) is 22.0. The van der Waals surface area contributed by atoms with Crippen LogP contribution < -0.4 is 0 Å². The molecular formula is C21H22ClN5O4. The zero-order valence-electron chi connectivity index (χ0n) is 17.0. The maximum Gasteiger partial charge on any atom is 0.327 e. The molecule has 0 saturated carbocycles.